The third-order valence-electron chi connectivity index (χ3n) is 7.11. The van der Waals surface area contributed by atoms with Crippen LogP contribution in [0.5, 0.6) is 0 Å². The Kier molecular flexibility index (Phi) is 7.57. The average molecular weight is 481 g/mol. The number of aromatic amines is 1. The van der Waals surface area contributed by atoms with E-state index in [9.17, 15) is 14.7 Å². The number of hydrogen-bond acceptors (Lipinski definition) is 4. The molecular weight excluding hydrogens is 444 g/mol. The fourth-order valence-corrected chi connectivity index (χ4v) is 8.18. The van der Waals surface area contributed by atoms with Crippen molar-refractivity contribution < 1.29 is 19.4 Å². The van der Waals surface area contributed by atoms with Crippen molar-refractivity contribution in [1.29, 1.82) is 0 Å². The molecule has 2 heterocycles. The van der Waals surface area contributed by atoms with Gasteiger partial charge in [0.2, 0.25) is 5.91 Å². The van der Waals surface area contributed by atoms with Gasteiger partial charge in [0, 0.05) is 34.9 Å². The largest absolute Gasteiger partial charge is 0.432 e. The van der Waals surface area contributed by atoms with Crippen molar-refractivity contribution in [3.8, 4) is 0 Å². The smallest absolute Gasteiger partial charge is 0.228 e. The van der Waals surface area contributed by atoms with Crippen LogP contribution in [0.3, 0.4) is 0 Å². The SMILES string of the molecule is C[C@H]1[C@H]([Si](C)(C)O)[C@@H](CCO)O[C@H]1CCc1ccc(NC(=O)Cc2c[nH]c3ccccc23)cc1. The Morgan fingerprint density at radius 2 is 1.82 bits per heavy atom. The van der Waals surface area contributed by atoms with Crippen LogP contribution in [0.2, 0.25) is 18.6 Å². The van der Waals surface area contributed by atoms with Crippen molar-refractivity contribution >= 4 is 30.8 Å². The molecule has 1 saturated heterocycles. The number of para-hydroxylation sites is 1. The Bertz CT molecular complexity index is 1110. The van der Waals surface area contributed by atoms with Crippen LogP contribution in [-0.2, 0) is 22.4 Å². The molecule has 182 valence electrons. The summed E-state index contributed by atoms with van der Waals surface area (Å²) in [5.41, 5.74) is 4.14. The predicted molar refractivity (Wildman–Crippen MR) is 138 cm³/mol. The quantitative estimate of drug-likeness (QED) is 0.336. The minimum atomic E-state index is -2.38. The molecule has 0 spiro atoms. The zero-order valence-electron chi connectivity index (χ0n) is 20.3. The Labute approximate surface area is 202 Å². The molecule has 1 aromatic heterocycles. The van der Waals surface area contributed by atoms with Crippen molar-refractivity contribution in [3.63, 3.8) is 0 Å². The van der Waals surface area contributed by atoms with E-state index >= 15 is 0 Å². The first kappa shape index (κ1) is 24.7. The van der Waals surface area contributed by atoms with Crippen molar-refractivity contribution in [2.75, 3.05) is 11.9 Å². The van der Waals surface area contributed by atoms with Crippen molar-refractivity contribution in [2.45, 2.75) is 63.5 Å². The molecule has 1 amide bonds. The Balaban J connectivity index is 1.31. The van der Waals surface area contributed by atoms with E-state index in [0.29, 0.717) is 12.8 Å². The van der Waals surface area contributed by atoms with E-state index in [1.165, 1.54) is 5.56 Å². The lowest BCUT2D eigenvalue weighted by Gasteiger charge is -2.30. The average Bonchev–Trinajstić information content (AvgIpc) is 3.34. The number of fused-ring (bicyclic) bond motifs is 1. The summed E-state index contributed by atoms with van der Waals surface area (Å²) in [5, 5.41) is 13.5. The number of ether oxygens (including phenoxy) is 1. The molecule has 3 aromatic rings. The lowest BCUT2D eigenvalue weighted by Crippen LogP contribution is -2.40. The number of aliphatic hydroxyl groups excluding tert-OH is 1. The maximum absolute atomic E-state index is 12.6. The molecule has 6 nitrogen and oxygen atoms in total. The first-order valence-electron chi connectivity index (χ1n) is 12.2. The van der Waals surface area contributed by atoms with Crippen LogP contribution in [0.15, 0.2) is 54.7 Å². The number of aliphatic hydroxyl groups is 1. The molecule has 1 aliphatic rings. The second-order valence-corrected chi connectivity index (χ2v) is 14.1. The second kappa shape index (κ2) is 10.4. The van der Waals surface area contributed by atoms with E-state index in [-0.39, 0.29) is 36.2 Å². The van der Waals surface area contributed by atoms with Crippen LogP contribution < -0.4 is 5.32 Å². The second-order valence-electron chi connectivity index (χ2n) is 10.1. The van der Waals surface area contributed by atoms with Crippen LogP contribution >= 0.6 is 0 Å². The van der Waals surface area contributed by atoms with E-state index in [0.717, 1.165) is 35.0 Å². The Morgan fingerprint density at radius 3 is 2.53 bits per heavy atom. The van der Waals surface area contributed by atoms with E-state index in [1.807, 2.05) is 67.8 Å². The van der Waals surface area contributed by atoms with Gasteiger partial charge in [-0.2, -0.15) is 0 Å². The number of aryl methyl sites for hydroxylation is 1. The van der Waals surface area contributed by atoms with Gasteiger partial charge in [-0.05, 0) is 67.6 Å². The molecule has 2 aromatic carbocycles. The fraction of sp³-hybridized carbons (Fsp3) is 0.444. The molecule has 0 aliphatic carbocycles. The third kappa shape index (κ3) is 5.60. The van der Waals surface area contributed by atoms with Gasteiger partial charge in [0.15, 0.2) is 8.32 Å². The first-order chi connectivity index (χ1) is 16.3. The number of hydrogen-bond donors (Lipinski definition) is 4. The van der Waals surface area contributed by atoms with Crippen LogP contribution in [-0.4, -0.2) is 47.9 Å². The fourth-order valence-electron chi connectivity index (χ4n) is 5.53. The summed E-state index contributed by atoms with van der Waals surface area (Å²) in [7, 11) is -2.38. The van der Waals surface area contributed by atoms with Crippen molar-refractivity contribution in [3.05, 3.63) is 65.9 Å². The van der Waals surface area contributed by atoms with Crippen LogP contribution in [0, 0.1) is 5.92 Å². The highest BCUT2D eigenvalue weighted by Gasteiger charge is 2.49. The van der Waals surface area contributed by atoms with E-state index in [2.05, 4.69) is 17.2 Å². The van der Waals surface area contributed by atoms with E-state index in [1.54, 1.807) is 0 Å². The van der Waals surface area contributed by atoms with Gasteiger partial charge in [-0.1, -0.05) is 37.3 Å². The summed E-state index contributed by atoms with van der Waals surface area (Å²) in [4.78, 5) is 26.5. The minimum absolute atomic E-state index is 0.0394. The maximum atomic E-state index is 12.6. The van der Waals surface area contributed by atoms with Crippen LogP contribution in [0.1, 0.15) is 30.9 Å². The van der Waals surface area contributed by atoms with Crippen LogP contribution in [0.4, 0.5) is 5.69 Å². The third-order valence-corrected chi connectivity index (χ3v) is 9.64. The van der Waals surface area contributed by atoms with Crippen LogP contribution in [0.25, 0.3) is 10.9 Å². The summed E-state index contributed by atoms with van der Waals surface area (Å²) in [6, 6.07) is 16.0. The summed E-state index contributed by atoms with van der Waals surface area (Å²) in [5.74, 6) is 0.230. The summed E-state index contributed by atoms with van der Waals surface area (Å²) < 4.78 is 6.29. The number of carbonyl (C=O) groups is 1. The highest BCUT2D eigenvalue weighted by molar-refractivity contribution is 6.71. The molecule has 0 saturated carbocycles. The summed E-state index contributed by atoms with van der Waals surface area (Å²) in [6.07, 6.45) is 4.55. The van der Waals surface area contributed by atoms with Gasteiger partial charge >= 0.3 is 0 Å². The van der Waals surface area contributed by atoms with E-state index < -0.39 is 8.32 Å². The monoisotopic (exact) mass is 480 g/mol. The van der Waals surface area contributed by atoms with Gasteiger partial charge in [0.05, 0.1) is 18.6 Å². The van der Waals surface area contributed by atoms with E-state index in [4.69, 9.17) is 4.74 Å². The number of rotatable bonds is 9. The number of nitrogens with one attached hydrogen (secondary N) is 2. The molecule has 1 aliphatic heterocycles. The molecule has 0 unspecified atom stereocenters. The number of benzene rings is 2. The lowest BCUT2D eigenvalue weighted by molar-refractivity contribution is -0.115. The molecule has 1 fully saturated rings. The van der Waals surface area contributed by atoms with Gasteiger partial charge in [-0.15, -0.1) is 0 Å². The Hall–Kier alpha value is -2.45. The first-order valence-corrected chi connectivity index (χ1v) is 15.2. The number of amides is 1. The highest BCUT2D eigenvalue weighted by atomic mass is 28.4. The zero-order chi connectivity index (χ0) is 24.3. The molecule has 7 heteroatoms. The minimum Gasteiger partial charge on any atom is -0.432 e. The zero-order valence-corrected chi connectivity index (χ0v) is 21.3. The molecule has 4 atom stereocenters. The van der Waals surface area contributed by atoms with Gasteiger partial charge in [0.25, 0.3) is 0 Å². The van der Waals surface area contributed by atoms with Gasteiger partial charge in [0.1, 0.15) is 0 Å². The summed E-state index contributed by atoms with van der Waals surface area (Å²) in [6.45, 7) is 6.19. The summed E-state index contributed by atoms with van der Waals surface area (Å²) >= 11 is 0. The van der Waals surface area contributed by atoms with Crippen molar-refractivity contribution in [2.24, 2.45) is 5.92 Å². The molecule has 0 bridgehead atoms. The van der Waals surface area contributed by atoms with Gasteiger partial charge in [-0.25, -0.2) is 0 Å². The highest BCUT2D eigenvalue weighted by Crippen LogP contribution is 2.45. The number of H-pyrrole nitrogens is 1. The standard InChI is InChI=1S/C27H36N2O4Si/c1-18-24(33-25(14-15-30)27(18)34(2,3)32)13-10-19-8-11-21(12-9-19)29-26(31)16-20-17-28-23-7-5-4-6-22(20)23/h4-9,11-12,17-18,24-25,27-28,30,32H,10,13-16H2,1-3H3,(H,29,31)/t18-,24+,25-,27+/m1/s1. The predicted octanol–water partition coefficient (Wildman–Crippen LogP) is 4.64. The molecule has 34 heavy (non-hydrogen) atoms. The number of carbonyl (C=O) groups excluding carboxylic acids is 1. The number of anilines is 1. The molecular formula is C27H36N2O4Si. The molecule has 0 radical (unpaired) electrons. The molecule has 4 rings (SSSR count). The van der Waals surface area contributed by atoms with Gasteiger partial charge in [-0.3, -0.25) is 4.79 Å². The topological polar surface area (TPSA) is 94.6 Å². The lowest BCUT2D eigenvalue weighted by atomic mass is 9.95. The van der Waals surface area contributed by atoms with Gasteiger partial charge < -0.3 is 24.9 Å². The normalized spacial score (nSPS) is 22.9. The molecule has 4 N–H and O–H groups in total. The van der Waals surface area contributed by atoms with Crippen molar-refractivity contribution in [1.82, 2.24) is 4.98 Å². The Morgan fingerprint density at radius 1 is 1.09 bits per heavy atom. The maximum Gasteiger partial charge on any atom is 0.228 e. The number of aromatic nitrogens is 1.